The van der Waals surface area contributed by atoms with Gasteiger partial charge in [0.15, 0.2) is 0 Å². The average molecular weight is 284 g/mol. The van der Waals surface area contributed by atoms with Gasteiger partial charge in [-0.15, -0.1) is 0 Å². The van der Waals surface area contributed by atoms with Gasteiger partial charge in [0, 0.05) is 22.9 Å². The molecule has 0 aliphatic carbocycles. The second-order valence-corrected chi connectivity index (χ2v) is 5.20. The van der Waals surface area contributed by atoms with Crippen molar-refractivity contribution in [3.8, 4) is 5.75 Å². The van der Waals surface area contributed by atoms with Crippen LogP contribution in [0.3, 0.4) is 0 Å². The van der Waals surface area contributed by atoms with Crippen LogP contribution in [0.2, 0.25) is 0 Å². The Kier molecular flexibility index (Phi) is 3.05. The van der Waals surface area contributed by atoms with Crippen LogP contribution in [0.25, 0.3) is 10.8 Å². The highest BCUT2D eigenvalue weighted by molar-refractivity contribution is 6.27. The largest absolute Gasteiger partial charge is 0.506 e. The molecule has 1 aliphatic rings. The van der Waals surface area contributed by atoms with Crippen LogP contribution in [0, 0.1) is 0 Å². The Morgan fingerprint density at radius 2 is 1.90 bits per heavy atom. The first-order valence-corrected chi connectivity index (χ1v) is 6.96. The maximum Gasteiger partial charge on any atom is 0.261 e. The minimum Gasteiger partial charge on any atom is -0.506 e. The zero-order valence-electron chi connectivity index (χ0n) is 11.7. The summed E-state index contributed by atoms with van der Waals surface area (Å²) in [5, 5.41) is 11.0. The van der Waals surface area contributed by atoms with Crippen LogP contribution >= 0.6 is 0 Å². The van der Waals surface area contributed by atoms with Crippen molar-refractivity contribution in [2.24, 2.45) is 0 Å². The molecular formula is C16H16N2O3. The van der Waals surface area contributed by atoms with Crippen LogP contribution in [0.4, 0.5) is 5.69 Å². The van der Waals surface area contributed by atoms with E-state index in [0.29, 0.717) is 28.4 Å². The van der Waals surface area contributed by atoms with Gasteiger partial charge in [0.05, 0.1) is 11.3 Å². The number of amides is 2. The Balaban J connectivity index is 2.28. The van der Waals surface area contributed by atoms with Crippen LogP contribution in [-0.4, -0.2) is 28.4 Å². The fraction of sp³-hybridized carbons (Fsp3) is 0.250. The number of unbranched alkanes of at least 4 members (excludes halogenated alkanes) is 1. The van der Waals surface area contributed by atoms with Crippen LogP contribution in [0.1, 0.15) is 40.5 Å². The number of hydrogen-bond acceptors (Lipinski definition) is 4. The zero-order chi connectivity index (χ0) is 15.1. The van der Waals surface area contributed by atoms with Gasteiger partial charge in [-0.3, -0.25) is 14.5 Å². The van der Waals surface area contributed by atoms with E-state index in [1.807, 2.05) is 6.92 Å². The van der Waals surface area contributed by atoms with E-state index in [2.05, 4.69) is 0 Å². The maximum absolute atomic E-state index is 12.5. The van der Waals surface area contributed by atoms with E-state index >= 15 is 0 Å². The van der Waals surface area contributed by atoms with Crippen molar-refractivity contribution in [2.45, 2.75) is 19.8 Å². The molecule has 3 rings (SSSR count). The van der Waals surface area contributed by atoms with Gasteiger partial charge in [0.1, 0.15) is 5.75 Å². The molecule has 0 unspecified atom stereocenters. The third-order valence-corrected chi connectivity index (χ3v) is 3.87. The SMILES string of the molecule is CCCCN1C(=O)c2cccc3c(N)c(O)cc(c23)C1=O. The number of phenolic OH excluding ortho intramolecular Hbond substituents is 1. The number of carbonyl (C=O) groups excluding carboxylic acids is 2. The van der Waals surface area contributed by atoms with Crippen molar-refractivity contribution in [2.75, 3.05) is 12.3 Å². The molecule has 5 nitrogen and oxygen atoms in total. The molecule has 2 aromatic carbocycles. The van der Waals surface area contributed by atoms with Gasteiger partial charge in [-0.25, -0.2) is 0 Å². The van der Waals surface area contributed by atoms with E-state index in [0.717, 1.165) is 12.8 Å². The summed E-state index contributed by atoms with van der Waals surface area (Å²) in [5.41, 5.74) is 6.85. The summed E-state index contributed by atoms with van der Waals surface area (Å²) < 4.78 is 0. The summed E-state index contributed by atoms with van der Waals surface area (Å²) in [4.78, 5) is 26.3. The highest BCUT2D eigenvalue weighted by atomic mass is 16.3. The van der Waals surface area contributed by atoms with Gasteiger partial charge >= 0.3 is 0 Å². The predicted molar refractivity (Wildman–Crippen MR) is 80.3 cm³/mol. The first-order valence-electron chi connectivity index (χ1n) is 6.96. The van der Waals surface area contributed by atoms with Crippen LogP contribution in [0.15, 0.2) is 24.3 Å². The monoisotopic (exact) mass is 284 g/mol. The number of benzene rings is 2. The van der Waals surface area contributed by atoms with Gasteiger partial charge in [-0.05, 0) is 18.6 Å². The molecule has 0 bridgehead atoms. The molecule has 0 radical (unpaired) electrons. The van der Waals surface area contributed by atoms with Crippen LogP contribution in [-0.2, 0) is 0 Å². The number of imide groups is 1. The molecule has 21 heavy (non-hydrogen) atoms. The highest BCUT2D eigenvalue weighted by Gasteiger charge is 2.33. The van der Waals surface area contributed by atoms with Crippen LogP contribution < -0.4 is 5.73 Å². The normalized spacial score (nSPS) is 14.0. The predicted octanol–water partition coefficient (Wildman–Crippen LogP) is 2.52. The smallest absolute Gasteiger partial charge is 0.261 e. The maximum atomic E-state index is 12.5. The van der Waals surface area contributed by atoms with Gasteiger partial charge < -0.3 is 10.8 Å². The second-order valence-electron chi connectivity index (χ2n) is 5.20. The molecule has 2 amide bonds. The lowest BCUT2D eigenvalue weighted by atomic mass is 9.92. The third kappa shape index (κ3) is 1.85. The molecule has 2 aromatic rings. The molecule has 0 saturated heterocycles. The molecule has 108 valence electrons. The van der Waals surface area contributed by atoms with Gasteiger partial charge in [-0.1, -0.05) is 25.5 Å². The topological polar surface area (TPSA) is 83.6 Å². The lowest BCUT2D eigenvalue weighted by molar-refractivity contribution is 0.0608. The Morgan fingerprint density at radius 3 is 2.62 bits per heavy atom. The second kappa shape index (κ2) is 4.77. The zero-order valence-corrected chi connectivity index (χ0v) is 11.7. The molecule has 5 heteroatoms. The number of nitrogen functional groups attached to an aromatic ring is 1. The van der Waals surface area contributed by atoms with E-state index in [1.54, 1.807) is 18.2 Å². The highest BCUT2D eigenvalue weighted by Crippen LogP contribution is 2.38. The van der Waals surface area contributed by atoms with E-state index in [1.165, 1.54) is 11.0 Å². The first kappa shape index (κ1) is 13.4. The standard InChI is InChI=1S/C16H16N2O3/c1-2-3-7-18-15(20)10-6-4-5-9-13(10)11(16(18)21)8-12(19)14(9)17/h4-6,8,19H,2-3,7,17H2,1H3. The van der Waals surface area contributed by atoms with Crippen molar-refractivity contribution in [1.82, 2.24) is 4.90 Å². The number of nitrogens with two attached hydrogens (primary N) is 1. The van der Waals surface area contributed by atoms with Crippen molar-refractivity contribution in [3.05, 3.63) is 35.4 Å². The molecule has 3 N–H and O–H groups in total. The van der Waals surface area contributed by atoms with E-state index in [-0.39, 0.29) is 23.3 Å². The Hall–Kier alpha value is -2.56. The molecule has 0 fully saturated rings. The molecule has 0 saturated carbocycles. The Morgan fingerprint density at radius 1 is 1.19 bits per heavy atom. The lowest BCUT2D eigenvalue weighted by Crippen LogP contribution is -2.40. The summed E-state index contributed by atoms with van der Waals surface area (Å²) in [6.45, 7) is 2.38. The van der Waals surface area contributed by atoms with E-state index in [9.17, 15) is 14.7 Å². The summed E-state index contributed by atoms with van der Waals surface area (Å²) in [7, 11) is 0. The number of aromatic hydroxyl groups is 1. The minimum absolute atomic E-state index is 0.132. The van der Waals surface area contributed by atoms with Gasteiger partial charge in [0.25, 0.3) is 11.8 Å². The number of nitrogens with zero attached hydrogens (tertiary/aromatic N) is 1. The number of phenols is 1. The molecule has 1 aliphatic heterocycles. The minimum atomic E-state index is -0.368. The quantitative estimate of drug-likeness (QED) is 0.515. The van der Waals surface area contributed by atoms with Crippen molar-refractivity contribution >= 4 is 28.3 Å². The van der Waals surface area contributed by atoms with Crippen LogP contribution in [0.5, 0.6) is 5.75 Å². The summed E-state index contributed by atoms with van der Waals surface area (Å²) in [6.07, 6.45) is 1.64. The fourth-order valence-corrected chi connectivity index (χ4v) is 2.74. The van der Waals surface area contributed by atoms with Crippen molar-refractivity contribution in [1.29, 1.82) is 0 Å². The molecule has 1 heterocycles. The molecule has 0 atom stereocenters. The number of anilines is 1. The van der Waals surface area contributed by atoms with Crippen molar-refractivity contribution < 1.29 is 14.7 Å². The summed E-state index contributed by atoms with van der Waals surface area (Å²) in [6, 6.07) is 6.47. The summed E-state index contributed by atoms with van der Waals surface area (Å²) in [5.74, 6) is -0.795. The molecule has 0 spiro atoms. The molecular weight excluding hydrogens is 268 g/mol. The number of hydrogen-bond donors (Lipinski definition) is 2. The van der Waals surface area contributed by atoms with Gasteiger partial charge in [0.2, 0.25) is 0 Å². The Bertz CT molecular complexity index is 768. The Labute approximate surface area is 122 Å². The summed E-state index contributed by atoms with van der Waals surface area (Å²) >= 11 is 0. The molecule has 0 aromatic heterocycles. The van der Waals surface area contributed by atoms with Crippen molar-refractivity contribution in [3.63, 3.8) is 0 Å². The average Bonchev–Trinajstić information content (AvgIpc) is 2.49. The third-order valence-electron chi connectivity index (χ3n) is 3.87. The number of carbonyl (C=O) groups is 2. The van der Waals surface area contributed by atoms with E-state index in [4.69, 9.17) is 5.73 Å². The number of rotatable bonds is 3. The van der Waals surface area contributed by atoms with Gasteiger partial charge in [-0.2, -0.15) is 0 Å². The van der Waals surface area contributed by atoms with E-state index < -0.39 is 0 Å². The first-order chi connectivity index (χ1) is 10.1. The lowest BCUT2D eigenvalue weighted by Gasteiger charge is -2.27. The fourth-order valence-electron chi connectivity index (χ4n) is 2.74.